The number of aromatic amines is 1. The first-order valence-electron chi connectivity index (χ1n) is 10.3. The van der Waals surface area contributed by atoms with E-state index in [2.05, 4.69) is 20.5 Å². The molecule has 2 aromatic heterocycles. The predicted molar refractivity (Wildman–Crippen MR) is 123 cm³/mol. The number of rotatable bonds is 7. The number of benzene rings is 3. The van der Waals surface area contributed by atoms with E-state index in [4.69, 9.17) is 4.74 Å². The molecule has 0 atom stereocenters. The van der Waals surface area contributed by atoms with Gasteiger partial charge in [0, 0.05) is 23.5 Å². The van der Waals surface area contributed by atoms with Crippen LogP contribution in [0.2, 0.25) is 0 Å². The molecule has 0 aliphatic heterocycles. The molecule has 3 aromatic carbocycles. The molecule has 0 unspecified atom stereocenters. The number of anilines is 1. The average molecular weight is 423 g/mol. The summed E-state index contributed by atoms with van der Waals surface area (Å²) in [5.74, 6) is 1.42. The zero-order valence-electron chi connectivity index (χ0n) is 17.2. The molecular formula is C25H21N5O2. The number of nitrogens with one attached hydrogen (secondary N) is 2. The minimum atomic E-state index is -0.0880. The quantitative estimate of drug-likeness (QED) is 0.403. The number of imidazole rings is 1. The molecule has 7 heteroatoms. The van der Waals surface area contributed by atoms with Crippen molar-refractivity contribution in [3.05, 3.63) is 103 Å². The van der Waals surface area contributed by atoms with E-state index in [1.54, 1.807) is 12.5 Å². The second-order valence-corrected chi connectivity index (χ2v) is 7.42. The first kappa shape index (κ1) is 19.6. The van der Waals surface area contributed by atoms with Crippen LogP contribution in [-0.2, 0) is 17.8 Å². The smallest absolute Gasteiger partial charge is 0.228 e. The Bertz CT molecular complexity index is 1330. The number of carbonyl (C=O) groups is 1. The number of carbonyl (C=O) groups excluding carboxylic acids is 1. The fourth-order valence-electron chi connectivity index (χ4n) is 3.49. The van der Waals surface area contributed by atoms with Crippen LogP contribution in [0.15, 0.2) is 91.5 Å². The summed E-state index contributed by atoms with van der Waals surface area (Å²) in [4.78, 5) is 16.7. The van der Waals surface area contributed by atoms with Gasteiger partial charge >= 0.3 is 0 Å². The second kappa shape index (κ2) is 8.77. The summed E-state index contributed by atoms with van der Waals surface area (Å²) in [6.07, 6.45) is 5.49. The lowest BCUT2D eigenvalue weighted by molar-refractivity contribution is -0.115. The Balaban J connectivity index is 1.22. The third-order valence-electron chi connectivity index (χ3n) is 5.11. The van der Waals surface area contributed by atoms with Gasteiger partial charge in [0.25, 0.3) is 0 Å². The Kier molecular flexibility index (Phi) is 5.36. The first-order chi connectivity index (χ1) is 15.7. The minimum Gasteiger partial charge on any atom is -0.489 e. The molecule has 5 aromatic rings. The highest BCUT2D eigenvalue weighted by molar-refractivity contribution is 5.96. The molecule has 158 valence electrons. The molecule has 0 aliphatic rings. The molecule has 0 spiro atoms. The number of H-pyrrole nitrogens is 1. The second-order valence-electron chi connectivity index (χ2n) is 7.42. The van der Waals surface area contributed by atoms with E-state index in [-0.39, 0.29) is 12.3 Å². The fourth-order valence-corrected chi connectivity index (χ4v) is 3.49. The summed E-state index contributed by atoms with van der Waals surface area (Å²) in [5.41, 5.74) is 3.63. The number of nitrogens with zero attached hydrogens (tertiary/aromatic N) is 3. The minimum absolute atomic E-state index is 0.0880. The van der Waals surface area contributed by atoms with Crippen molar-refractivity contribution in [2.24, 2.45) is 0 Å². The van der Waals surface area contributed by atoms with E-state index in [0.717, 1.165) is 33.6 Å². The highest BCUT2D eigenvalue weighted by Gasteiger charge is 2.10. The zero-order valence-corrected chi connectivity index (χ0v) is 17.2. The monoisotopic (exact) mass is 423 g/mol. The maximum atomic E-state index is 12.6. The Morgan fingerprint density at radius 2 is 1.84 bits per heavy atom. The van der Waals surface area contributed by atoms with Crippen LogP contribution in [0.1, 0.15) is 11.1 Å². The summed E-state index contributed by atoms with van der Waals surface area (Å²) < 4.78 is 7.63. The Morgan fingerprint density at radius 3 is 2.62 bits per heavy atom. The molecule has 0 saturated carbocycles. The normalized spacial score (nSPS) is 10.9. The molecule has 7 nitrogen and oxygen atoms in total. The summed E-state index contributed by atoms with van der Waals surface area (Å²) >= 11 is 0. The molecule has 32 heavy (non-hydrogen) atoms. The van der Waals surface area contributed by atoms with Gasteiger partial charge in [-0.25, -0.2) is 4.98 Å². The van der Waals surface area contributed by atoms with Gasteiger partial charge in [-0.2, -0.15) is 5.10 Å². The number of hydrogen-bond donors (Lipinski definition) is 2. The molecule has 2 N–H and O–H groups in total. The molecular weight excluding hydrogens is 402 g/mol. The topological polar surface area (TPSA) is 84.8 Å². The van der Waals surface area contributed by atoms with Gasteiger partial charge in [0.15, 0.2) is 5.82 Å². The SMILES string of the molecule is O=C(Cc1ccc(OCc2ccccc2)cc1)Nc1ccc2[nH]nc(-n3ccnc3)c2c1. The van der Waals surface area contributed by atoms with Gasteiger partial charge in [0.05, 0.1) is 11.9 Å². The van der Waals surface area contributed by atoms with Crippen LogP contribution in [-0.4, -0.2) is 25.7 Å². The van der Waals surface area contributed by atoms with Gasteiger partial charge in [0.1, 0.15) is 18.7 Å². The van der Waals surface area contributed by atoms with Gasteiger partial charge in [-0.3, -0.25) is 14.5 Å². The largest absolute Gasteiger partial charge is 0.489 e. The third kappa shape index (κ3) is 4.37. The maximum absolute atomic E-state index is 12.6. The van der Waals surface area contributed by atoms with Crippen LogP contribution >= 0.6 is 0 Å². The van der Waals surface area contributed by atoms with E-state index < -0.39 is 0 Å². The van der Waals surface area contributed by atoms with E-state index in [1.807, 2.05) is 83.6 Å². The van der Waals surface area contributed by atoms with Gasteiger partial charge in [-0.15, -0.1) is 0 Å². The maximum Gasteiger partial charge on any atom is 0.228 e. The van der Waals surface area contributed by atoms with Crippen molar-refractivity contribution >= 4 is 22.5 Å². The van der Waals surface area contributed by atoms with Gasteiger partial charge in [-0.05, 0) is 41.5 Å². The third-order valence-corrected chi connectivity index (χ3v) is 5.11. The summed E-state index contributed by atoms with van der Waals surface area (Å²) in [7, 11) is 0. The Hall–Kier alpha value is -4.39. The summed E-state index contributed by atoms with van der Waals surface area (Å²) in [6.45, 7) is 0.512. The number of fused-ring (bicyclic) bond motifs is 1. The van der Waals surface area contributed by atoms with Crippen LogP contribution in [0.25, 0.3) is 16.7 Å². The van der Waals surface area contributed by atoms with E-state index >= 15 is 0 Å². The van der Waals surface area contributed by atoms with Gasteiger partial charge in [0.2, 0.25) is 5.91 Å². The number of aromatic nitrogens is 4. The molecule has 0 saturated heterocycles. The molecule has 2 heterocycles. The summed E-state index contributed by atoms with van der Waals surface area (Å²) in [5, 5.41) is 11.2. The Morgan fingerprint density at radius 1 is 1.00 bits per heavy atom. The van der Waals surface area contributed by atoms with Crippen molar-refractivity contribution in [3.8, 4) is 11.6 Å². The van der Waals surface area contributed by atoms with Crippen molar-refractivity contribution in [1.29, 1.82) is 0 Å². The highest BCUT2D eigenvalue weighted by Crippen LogP contribution is 2.23. The molecule has 5 rings (SSSR count). The number of hydrogen-bond acceptors (Lipinski definition) is 4. The van der Waals surface area contributed by atoms with E-state index in [9.17, 15) is 4.79 Å². The van der Waals surface area contributed by atoms with Crippen molar-refractivity contribution in [2.75, 3.05) is 5.32 Å². The van der Waals surface area contributed by atoms with Crippen LogP contribution in [0, 0.1) is 0 Å². The van der Waals surface area contributed by atoms with E-state index in [0.29, 0.717) is 12.3 Å². The zero-order chi connectivity index (χ0) is 21.8. The molecule has 0 aliphatic carbocycles. The van der Waals surface area contributed by atoms with Crippen LogP contribution < -0.4 is 10.1 Å². The lowest BCUT2D eigenvalue weighted by atomic mass is 10.1. The van der Waals surface area contributed by atoms with E-state index in [1.165, 1.54) is 0 Å². The molecule has 0 fully saturated rings. The fraction of sp³-hybridized carbons (Fsp3) is 0.0800. The van der Waals surface area contributed by atoms with Crippen molar-refractivity contribution < 1.29 is 9.53 Å². The Labute approximate surface area is 184 Å². The predicted octanol–water partition coefficient (Wildman–Crippen LogP) is 4.51. The van der Waals surface area contributed by atoms with Gasteiger partial charge in [-0.1, -0.05) is 42.5 Å². The highest BCUT2D eigenvalue weighted by atomic mass is 16.5. The van der Waals surface area contributed by atoms with Gasteiger partial charge < -0.3 is 10.1 Å². The van der Waals surface area contributed by atoms with Crippen LogP contribution in [0.3, 0.4) is 0 Å². The van der Waals surface area contributed by atoms with Crippen LogP contribution in [0.4, 0.5) is 5.69 Å². The summed E-state index contributed by atoms with van der Waals surface area (Å²) in [6, 6.07) is 23.3. The average Bonchev–Trinajstić information content (AvgIpc) is 3.49. The molecule has 0 radical (unpaired) electrons. The lowest BCUT2D eigenvalue weighted by Gasteiger charge is -2.08. The number of amides is 1. The van der Waals surface area contributed by atoms with Crippen LogP contribution in [0.5, 0.6) is 5.75 Å². The molecule has 1 amide bonds. The lowest BCUT2D eigenvalue weighted by Crippen LogP contribution is -2.14. The van der Waals surface area contributed by atoms with Crippen molar-refractivity contribution in [1.82, 2.24) is 19.7 Å². The molecule has 0 bridgehead atoms. The standard InChI is InChI=1S/C25H21N5O2/c31-24(14-18-6-9-21(10-7-18)32-16-19-4-2-1-3-5-19)27-20-8-11-23-22(15-20)25(29-28-23)30-13-12-26-17-30/h1-13,15,17H,14,16H2,(H,27,31)(H,28,29). The number of ether oxygens (including phenoxy) is 1. The first-order valence-corrected chi connectivity index (χ1v) is 10.3. The van der Waals surface area contributed by atoms with Crippen molar-refractivity contribution in [2.45, 2.75) is 13.0 Å². The van der Waals surface area contributed by atoms with Crippen molar-refractivity contribution in [3.63, 3.8) is 0 Å².